The summed E-state index contributed by atoms with van der Waals surface area (Å²) in [5.41, 5.74) is 0.770. The Bertz CT molecular complexity index is 551. The summed E-state index contributed by atoms with van der Waals surface area (Å²) in [6.07, 6.45) is 0.493. The highest BCUT2D eigenvalue weighted by molar-refractivity contribution is 7.99. The highest BCUT2D eigenvalue weighted by Crippen LogP contribution is 2.18. The summed E-state index contributed by atoms with van der Waals surface area (Å²) in [7, 11) is 0. The second kappa shape index (κ2) is 6.90. The van der Waals surface area contributed by atoms with Crippen LogP contribution in [0.4, 0.5) is 0 Å². The lowest BCUT2D eigenvalue weighted by atomic mass is 10.1. The molecule has 2 rings (SSSR count). The van der Waals surface area contributed by atoms with Crippen molar-refractivity contribution in [1.29, 1.82) is 5.41 Å². The van der Waals surface area contributed by atoms with Gasteiger partial charge in [0.1, 0.15) is 0 Å². The molecule has 1 N–H and O–H groups in total. The fourth-order valence-corrected chi connectivity index (χ4v) is 2.56. The van der Waals surface area contributed by atoms with E-state index < -0.39 is 0 Å². The number of carbonyl (C=O) groups excluding carboxylic acids is 1. The van der Waals surface area contributed by atoms with Crippen LogP contribution in [0.1, 0.15) is 16.8 Å². The van der Waals surface area contributed by atoms with Crippen molar-refractivity contribution in [2.24, 2.45) is 0 Å². The molecule has 2 aromatic rings. The number of ketones is 1. The van der Waals surface area contributed by atoms with Crippen LogP contribution < -0.4 is 0 Å². The van der Waals surface area contributed by atoms with Crippen molar-refractivity contribution in [2.45, 2.75) is 11.3 Å². The normalized spacial score (nSPS) is 10.1. The van der Waals surface area contributed by atoms with Crippen molar-refractivity contribution < 1.29 is 4.79 Å². The van der Waals surface area contributed by atoms with Gasteiger partial charge in [-0.3, -0.25) is 4.79 Å². The first-order chi connectivity index (χ1) is 9.27. The Morgan fingerprint density at radius 2 is 1.53 bits per heavy atom. The maximum atomic E-state index is 12.0. The summed E-state index contributed by atoms with van der Waals surface area (Å²) < 4.78 is 0. The molecule has 0 aromatic heterocycles. The number of hydrogen-bond donors (Lipinski definition) is 1. The maximum absolute atomic E-state index is 12.0. The molecule has 2 nitrogen and oxygen atoms in total. The van der Waals surface area contributed by atoms with Crippen molar-refractivity contribution in [1.82, 2.24) is 0 Å². The van der Waals surface area contributed by atoms with Crippen molar-refractivity contribution >= 4 is 23.3 Å². The minimum Gasteiger partial charge on any atom is -0.301 e. The van der Waals surface area contributed by atoms with Gasteiger partial charge in [0.15, 0.2) is 0 Å². The molecule has 0 amide bonds. The monoisotopic (exact) mass is 269 g/mol. The lowest BCUT2D eigenvalue weighted by Gasteiger charge is -2.03. The molecule has 0 radical (unpaired) electrons. The van der Waals surface area contributed by atoms with Crippen molar-refractivity contribution in [3.05, 3.63) is 66.2 Å². The molecule has 0 saturated carbocycles. The van der Waals surface area contributed by atoms with Gasteiger partial charge >= 0.3 is 0 Å². The Morgan fingerprint density at radius 1 is 0.947 bits per heavy atom. The fraction of sp³-hybridized carbons (Fsp3) is 0.125. The number of carbonyl (C=O) groups is 1. The zero-order valence-corrected chi connectivity index (χ0v) is 11.3. The third-order valence-electron chi connectivity index (χ3n) is 2.67. The van der Waals surface area contributed by atoms with Gasteiger partial charge in [-0.1, -0.05) is 48.5 Å². The minimum absolute atomic E-state index is 0.172. The second-order valence-electron chi connectivity index (χ2n) is 4.09. The lowest BCUT2D eigenvalue weighted by Crippen LogP contribution is -2.13. The molecule has 19 heavy (non-hydrogen) atoms. The molecule has 0 aliphatic carbocycles. The summed E-state index contributed by atoms with van der Waals surface area (Å²) in [5.74, 6) is 0.579. The van der Waals surface area contributed by atoms with Gasteiger partial charge in [-0.25, -0.2) is 0 Å². The van der Waals surface area contributed by atoms with Crippen LogP contribution in [0.5, 0.6) is 0 Å². The number of nitrogens with one attached hydrogen (secondary N) is 1. The molecule has 0 fully saturated rings. The van der Waals surface area contributed by atoms with E-state index in [4.69, 9.17) is 5.41 Å². The van der Waals surface area contributed by atoms with Crippen LogP contribution in [0.3, 0.4) is 0 Å². The number of hydrogen-bond acceptors (Lipinski definition) is 3. The lowest BCUT2D eigenvalue weighted by molar-refractivity contribution is 0.106. The van der Waals surface area contributed by atoms with Gasteiger partial charge in [0.2, 0.25) is 5.78 Å². The molecule has 0 heterocycles. The molecule has 0 atom stereocenters. The highest BCUT2D eigenvalue weighted by Gasteiger charge is 2.11. The molecule has 0 unspecified atom stereocenters. The van der Waals surface area contributed by atoms with Gasteiger partial charge in [0, 0.05) is 22.6 Å². The Kier molecular flexibility index (Phi) is 4.93. The first-order valence-corrected chi connectivity index (χ1v) is 7.11. The van der Waals surface area contributed by atoms with Gasteiger partial charge in [0.25, 0.3) is 0 Å². The van der Waals surface area contributed by atoms with Crippen LogP contribution in [0.2, 0.25) is 0 Å². The van der Waals surface area contributed by atoms with Crippen LogP contribution in [-0.4, -0.2) is 17.2 Å². The van der Waals surface area contributed by atoms with Gasteiger partial charge in [0.05, 0.1) is 5.71 Å². The van der Waals surface area contributed by atoms with E-state index in [1.165, 1.54) is 4.90 Å². The summed E-state index contributed by atoms with van der Waals surface area (Å²) in [4.78, 5) is 13.1. The first-order valence-electron chi connectivity index (χ1n) is 6.12. The molecule has 0 saturated heterocycles. The second-order valence-corrected chi connectivity index (χ2v) is 5.25. The zero-order valence-electron chi connectivity index (χ0n) is 10.5. The summed E-state index contributed by atoms with van der Waals surface area (Å²) in [6, 6.07) is 19.0. The number of benzene rings is 2. The van der Waals surface area contributed by atoms with Crippen LogP contribution in [0, 0.1) is 5.41 Å². The van der Waals surface area contributed by atoms with Gasteiger partial charge in [-0.05, 0) is 12.1 Å². The fourth-order valence-electron chi connectivity index (χ4n) is 1.66. The molecule has 0 spiro atoms. The van der Waals surface area contributed by atoms with Crippen LogP contribution in [-0.2, 0) is 0 Å². The summed E-state index contributed by atoms with van der Waals surface area (Å²) in [5, 5.41) is 7.84. The van der Waals surface area contributed by atoms with E-state index >= 15 is 0 Å². The molecule has 2 aromatic carbocycles. The summed E-state index contributed by atoms with van der Waals surface area (Å²) in [6.45, 7) is 0. The topological polar surface area (TPSA) is 40.9 Å². The summed E-state index contributed by atoms with van der Waals surface area (Å²) >= 11 is 1.67. The Labute approximate surface area is 117 Å². The number of thioether (sulfide) groups is 1. The molecular formula is C16H15NOS. The van der Waals surface area contributed by atoms with Gasteiger partial charge in [-0.15, -0.1) is 11.8 Å². The molecule has 3 heteroatoms. The van der Waals surface area contributed by atoms with E-state index in [9.17, 15) is 4.79 Å². The first kappa shape index (κ1) is 13.6. The maximum Gasteiger partial charge on any atom is 0.206 e. The standard InChI is InChI=1S/C16H15NOS/c17-15(16(18)13-7-3-1-4-8-13)11-12-19-14-9-5-2-6-10-14/h1-10,17H,11-12H2. The quantitative estimate of drug-likeness (QED) is 0.488. The highest BCUT2D eigenvalue weighted by atomic mass is 32.2. The zero-order chi connectivity index (χ0) is 13.5. The number of Topliss-reactive ketones (excluding diaryl/α,β-unsaturated/α-hetero) is 1. The van der Waals surface area contributed by atoms with Crippen molar-refractivity contribution in [3.8, 4) is 0 Å². The predicted octanol–water partition coefficient (Wildman–Crippen LogP) is 4.07. The van der Waals surface area contributed by atoms with E-state index in [1.54, 1.807) is 23.9 Å². The molecule has 0 bridgehead atoms. The largest absolute Gasteiger partial charge is 0.301 e. The Hall–Kier alpha value is -1.87. The van der Waals surface area contributed by atoms with Crippen LogP contribution in [0.25, 0.3) is 0 Å². The van der Waals surface area contributed by atoms with E-state index in [1.807, 2.05) is 48.5 Å². The third-order valence-corrected chi connectivity index (χ3v) is 3.69. The van der Waals surface area contributed by atoms with Crippen molar-refractivity contribution in [3.63, 3.8) is 0 Å². The minimum atomic E-state index is -0.172. The number of rotatable bonds is 6. The van der Waals surface area contributed by atoms with Crippen LogP contribution in [0.15, 0.2) is 65.6 Å². The van der Waals surface area contributed by atoms with E-state index in [0.29, 0.717) is 12.0 Å². The van der Waals surface area contributed by atoms with Crippen molar-refractivity contribution in [2.75, 3.05) is 5.75 Å². The SMILES string of the molecule is N=C(CCSc1ccccc1)C(=O)c1ccccc1. The van der Waals surface area contributed by atoms with Gasteiger partial charge < -0.3 is 5.41 Å². The van der Waals surface area contributed by atoms with E-state index in [2.05, 4.69) is 0 Å². The molecule has 0 aliphatic heterocycles. The van der Waals surface area contributed by atoms with E-state index in [-0.39, 0.29) is 11.5 Å². The average Bonchev–Trinajstić information content (AvgIpc) is 2.48. The van der Waals surface area contributed by atoms with E-state index in [0.717, 1.165) is 5.75 Å². The Balaban J connectivity index is 1.84. The molecule has 0 aliphatic rings. The van der Waals surface area contributed by atoms with Gasteiger partial charge in [-0.2, -0.15) is 0 Å². The smallest absolute Gasteiger partial charge is 0.206 e. The average molecular weight is 269 g/mol. The van der Waals surface area contributed by atoms with Crippen LogP contribution >= 0.6 is 11.8 Å². The Morgan fingerprint density at radius 3 is 2.16 bits per heavy atom. The molecular weight excluding hydrogens is 254 g/mol. The predicted molar refractivity (Wildman–Crippen MR) is 80.3 cm³/mol. The molecule has 96 valence electrons. The third kappa shape index (κ3) is 4.07.